The lowest BCUT2D eigenvalue weighted by Gasteiger charge is -2.32. The molecule has 31 heavy (non-hydrogen) atoms. The molecule has 0 saturated heterocycles. The number of benzene rings is 2. The number of halogens is 1. The summed E-state index contributed by atoms with van der Waals surface area (Å²) in [5, 5.41) is 5.74. The van der Waals surface area contributed by atoms with Crippen molar-refractivity contribution in [2.75, 3.05) is 4.90 Å². The number of carbonyl (C=O) groups is 2. The van der Waals surface area contributed by atoms with E-state index >= 15 is 0 Å². The fourth-order valence-corrected chi connectivity index (χ4v) is 4.91. The second-order valence-corrected chi connectivity index (χ2v) is 9.27. The molecule has 0 radical (unpaired) electrons. The first-order valence-corrected chi connectivity index (χ1v) is 11.8. The molecular weight excluding hydrogens is 428 g/mol. The molecule has 4 rings (SSSR count). The number of nitrogens with one attached hydrogen (secondary N) is 1. The Morgan fingerprint density at radius 3 is 2.35 bits per heavy atom. The second kappa shape index (κ2) is 10.1. The normalized spacial score (nSPS) is 14.9. The van der Waals surface area contributed by atoms with Gasteiger partial charge in [0.1, 0.15) is 6.04 Å². The van der Waals surface area contributed by atoms with E-state index in [4.69, 9.17) is 11.6 Å². The maximum atomic E-state index is 13.6. The summed E-state index contributed by atoms with van der Waals surface area (Å²) in [5.74, 6) is -0.271. The van der Waals surface area contributed by atoms with Gasteiger partial charge in [-0.3, -0.25) is 14.5 Å². The Labute approximate surface area is 191 Å². The van der Waals surface area contributed by atoms with E-state index in [1.807, 2.05) is 47.8 Å². The number of hydrogen-bond donors (Lipinski definition) is 1. The van der Waals surface area contributed by atoms with Gasteiger partial charge in [0.2, 0.25) is 11.8 Å². The number of carbonyl (C=O) groups excluding carboxylic acids is 2. The van der Waals surface area contributed by atoms with Gasteiger partial charge in [0, 0.05) is 21.6 Å². The van der Waals surface area contributed by atoms with Crippen molar-refractivity contribution in [2.45, 2.75) is 44.2 Å². The van der Waals surface area contributed by atoms with Gasteiger partial charge < -0.3 is 5.32 Å². The molecule has 2 amide bonds. The molecule has 3 aromatic rings. The molecule has 1 N–H and O–H groups in total. The van der Waals surface area contributed by atoms with Gasteiger partial charge in [-0.25, -0.2) is 0 Å². The molecule has 0 unspecified atom stereocenters. The third kappa shape index (κ3) is 5.35. The summed E-state index contributed by atoms with van der Waals surface area (Å²) < 4.78 is 0. The van der Waals surface area contributed by atoms with E-state index in [9.17, 15) is 9.59 Å². The second-order valence-electron chi connectivity index (χ2n) is 7.80. The fourth-order valence-electron chi connectivity index (χ4n) is 4.09. The van der Waals surface area contributed by atoms with Crippen molar-refractivity contribution in [1.82, 2.24) is 5.32 Å². The first-order valence-electron chi connectivity index (χ1n) is 10.6. The maximum absolute atomic E-state index is 13.6. The minimum absolute atomic E-state index is 0.125. The van der Waals surface area contributed by atoms with E-state index in [0.717, 1.165) is 36.1 Å². The summed E-state index contributed by atoms with van der Waals surface area (Å²) in [6, 6.07) is 19.9. The van der Waals surface area contributed by atoms with Crippen LogP contribution in [0.2, 0.25) is 5.02 Å². The van der Waals surface area contributed by atoms with Gasteiger partial charge in [-0.15, -0.1) is 11.3 Å². The zero-order chi connectivity index (χ0) is 21.6. The molecule has 1 aliphatic carbocycles. The van der Waals surface area contributed by atoms with Crippen molar-refractivity contribution in [3.05, 3.63) is 87.6 Å². The van der Waals surface area contributed by atoms with Gasteiger partial charge in [-0.1, -0.05) is 60.8 Å². The van der Waals surface area contributed by atoms with Gasteiger partial charge in [0.25, 0.3) is 0 Å². The summed E-state index contributed by atoms with van der Waals surface area (Å²) in [6.45, 7) is 0. The molecule has 4 nitrogen and oxygen atoms in total. The lowest BCUT2D eigenvalue weighted by Crippen LogP contribution is -2.46. The third-order valence-electron chi connectivity index (χ3n) is 5.60. The van der Waals surface area contributed by atoms with Crippen LogP contribution < -0.4 is 10.2 Å². The van der Waals surface area contributed by atoms with Gasteiger partial charge in [-0.05, 0) is 54.1 Å². The van der Waals surface area contributed by atoms with Crippen molar-refractivity contribution < 1.29 is 9.59 Å². The van der Waals surface area contributed by atoms with Crippen molar-refractivity contribution in [3.63, 3.8) is 0 Å². The van der Waals surface area contributed by atoms with Crippen LogP contribution in [0.4, 0.5) is 5.69 Å². The minimum atomic E-state index is -0.754. The van der Waals surface area contributed by atoms with E-state index in [-0.39, 0.29) is 24.3 Å². The number of anilines is 1. The molecule has 1 saturated carbocycles. The Morgan fingerprint density at radius 2 is 1.71 bits per heavy atom. The van der Waals surface area contributed by atoms with Crippen LogP contribution in [0.3, 0.4) is 0 Å². The van der Waals surface area contributed by atoms with Crippen molar-refractivity contribution in [1.29, 1.82) is 0 Å². The summed E-state index contributed by atoms with van der Waals surface area (Å²) in [6.07, 6.45) is 4.45. The van der Waals surface area contributed by atoms with Gasteiger partial charge in [0.05, 0.1) is 6.42 Å². The predicted molar refractivity (Wildman–Crippen MR) is 127 cm³/mol. The predicted octanol–water partition coefficient (Wildman–Crippen LogP) is 5.78. The number of thiophene rings is 1. The third-order valence-corrected chi connectivity index (χ3v) is 6.73. The topological polar surface area (TPSA) is 49.4 Å². The summed E-state index contributed by atoms with van der Waals surface area (Å²) in [7, 11) is 0. The van der Waals surface area contributed by atoms with Crippen LogP contribution in [0.5, 0.6) is 0 Å². The van der Waals surface area contributed by atoms with E-state index in [1.165, 1.54) is 11.3 Å². The van der Waals surface area contributed by atoms with Crippen LogP contribution in [-0.4, -0.2) is 17.9 Å². The largest absolute Gasteiger partial charge is 0.351 e. The van der Waals surface area contributed by atoms with Crippen molar-refractivity contribution >= 4 is 40.4 Å². The first kappa shape index (κ1) is 21.6. The number of amides is 2. The Morgan fingerprint density at radius 1 is 1.00 bits per heavy atom. The van der Waals surface area contributed by atoms with E-state index in [0.29, 0.717) is 10.7 Å². The monoisotopic (exact) mass is 452 g/mol. The highest BCUT2D eigenvalue weighted by Crippen LogP contribution is 2.31. The van der Waals surface area contributed by atoms with Gasteiger partial charge in [-0.2, -0.15) is 0 Å². The molecule has 1 aliphatic rings. The van der Waals surface area contributed by atoms with Crippen LogP contribution in [0.15, 0.2) is 72.1 Å². The van der Waals surface area contributed by atoms with Crippen LogP contribution >= 0.6 is 22.9 Å². The molecule has 1 atom stereocenters. The molecule has 2 aromatic carbocycles. The molecule has 1 heterocycles. The van der Waals surface area contributed by atoms with Gasteiger partial charge in [0.15, 0.2) is 0 Å². The summed E-state index contributed by atoms with van der Waals surface area (Å²) >= 11 is 7.64. The van der Waals surface area contributed by atoms with Gasteiger partial charge >= 0.3 is 0 Å². The Bertz CT molecular complexity index is 1000. The lowest BCUT2D eigenvalue weighted by molar-refractivity contribution is -0.127. The van der Waals surface area contributed by atoms with E-state index in [2.05, 4.69) is 5.32 Å². The molecule has 1 fully saturated rings. The Balaban J connectivity index is 1.73. The molecule has 0 spiro atoms. The highest BCUT2D eigenvalue weighted by Gasteiger charge is 2.34. The van der Waals surface area contributed by atoms with Crippen LogP contribution in [0.25, 0.3) is 0 Å². The zero-order valence-corrected chi connectivity index (χ0v) is 18.7. The number of nitrogens with zero attached hydrogens (tertiary/aromatic N) is 1. The quantitative estimate of drug-likeness (QED) is 0.494. The number of hydrogen-bond acceptors (Lipinski definition) is 3. The SMILES string of the molecule is O=C(NC1CCCC1)[C@H](c1ccccc1)N(C(=O)Cc1cccs1)c1ccc(Cl)cc1. The molecule has 1 aromatic heterocycles. The Hall–Kier alpha value is -2.63. The average molecular weight is 453 g/mol. The molecule has 160 valence electrons. The van der Waals surface area contributed by atoms with Crippen LogP contribution in [0, 0.1) is 0 Å². The highest BCUT2D eigenvalue weighted by molar-refractivity contribution is 7.10. The highest BCUT2D eigenvalue weighted by atomic mass is 35.5. The lowest BCUT2D eigenvalue weighted by atomic mass is 10.0. The number of rotatable bonds is 7. The molecule has 0 aliphatic heterocycles. The smallest absolute Gasteiger partial charge is 0.248 e. The zero-order valence-electron chi connectivity index (χ0n) is 17.2. The average Bonchev–Trinajstić information content (AvgIpc) is 3.47. The molecule has 0 bridgehead atoms. The van der Waals surface area contributed by atoms with Crippen molar-refractivity contribution in [3.8, 4) is 0 Å². The Kier molecular flexibility index (Phi) is 7.05. The molecular formula is C25H25ClN2O2S. The minimum Gasteiger partial charge on any atom is -0.351 e. The van der Waals surface area contributed by atoms with E-state index < -0.39 is 6.04 Å². The first-order chi connectivity index (χ1) is 15.1. The maximum Gasteiger partial charge on any atom is 0.248 e. The molecule has 6 heteroatoms. The van der Waals surface area contributed by atoms with E-state index in [1.54, 1.807) is 29.2 Å². The fraction of sp³-hybridized carbons (Fsp3) is 0.280. The summed E-state index contributed by atoms with van der Waals surface area (Å²) in [5.41, 5.74) is 1.44. The van der Waals surface area contributed by atoms with Crippen LogP contribution in [-0.2, 0) is 16.0 Å². The summed E-state index contributed by atoms with van der Waals surface area (Å²) in [4.78, 5) is 29.7. The standard InChI is InChI=1S/C25H25ClN2O2S/c26-19-12-14-21(15-13-19)28(23(29)17-22-11-6-16-31-22)24(18-7-2-1-3-8-18)25(30)27-20-9-4-5-10-20/h1-3,6-8,11-16,20,24H,4-5,9-10,17H2,(H,27,30)/t24-/m0/s1. The van der Waals surface area contributed by atoms with Crippen molar-refractivity contribution in [2.24, 2.45) is 0 Å². The van der Waals surface area contributed by atoms with Crippen LogP contribution in [0.1, 0.15) is 42.2 Å².